The summed E-state index contributed by atoms with van der Waals surface area (Å²) in [6.45, 7) is 0. The molecule has 0 aliphatic carbocycles. The quantitative estimate of drug-likeness (QED) is 0.691. The summed E-state index contributed by atoms with van der Waals surface area (Å²) < 4.78 is 7.57. The van der Waals surface area contributed by atoms with Crippen LogP contribution in [0.25, 0.3) is 11.5 Å². The molecule has 1 aromatic carbocycles. The molecule has 7 heteroatoms. The van der Waals surface area contributed by atoms with E-state index in [-0.39, 0.29) is 0 Å². The molecule has 0 saturated heterocycles. The minimum absolute atomic E-state index is 0.475. The van der Waals surface area contributed by atoms with Crippen molar-refractivity contribution in [1.82, 2.24) is 19.7 Å². The Bertz CT molecular complexity index is 724. The first-order chi connectivity index (χ1) is 9.72. The predicted octanol–water partition coefficient (Wildman–Crippen LogP) is 3.42. The smallest absolute Gasteiger partial charge is 0.247 e. The standard InChI is InChI=1S/C13H11ClN4OS/c1-18-6-5-15-13(18)20-8-11-16-17-12(19-11)9-3-2-4-10(14)7-9/h2-7H,8H2,1H3. The molecule has 0 radical (unpaired) electrons. The first kappa shape index (κ1) is 13.2. The zero-order chi connectivity index (χ0) is 13.9. The van der Waals surface area contributed by atoms with Crippen LogP contribution in [0.5, 0.6) is 0 Å². The van der Waals surface area contributed by atoms with Crippen molar-refractivity contribution in [3.8, 4) is 11.5 Å². The molecule has 5 nitrogen and oxygen atoms in total. The highest BCUT2D eigenvalue weighted by Crippen LogP contribution is 2.24. The average Bonchev–Trinajstić information content (AvgIpc) is 3.05. The number of thioether (sulfide) groups is 1. The van der Waals surface area contributed by atoms with Crippen LogP contribution in [-0.2, 0) is 12.8 Å². The number of imidazole rings is 1. The van der Waals surface area contributed by atoms with Crippen LogP contribution < -0.4 is 0 Å². The Morgan fingerprint density at radius 1 is 1.35 bits per heavy atom. The second-order valence-electron chi connectivity index (χ2n) is 4.12. The molecular weight excluding hydrogens is 296 g/mol. The van der Waals surface area contributed by atoms with Crippen molar-refractivity contribution in [2.75, 3.05) is 0 Å². The van der Waals surface area contributed by atoms with E-state index in [1.165, 1.54) is 0 Å². The van der Waals surface area contributed by atoms with Gasteiger partial charge in [-0.3, -0.25) is 0 Å². The van der Waals surface area contributed by atoms with Gasteiger partial charge < -0.3 is 8.98 Å². The number of benzene rings is 1. The number of hydrogen-bond donors (Lipinski definition) is 0. The largest absolute Gasteiger partial charge is 0.420 e. The van der Waals surface area contributed by atoms with Crippen molar-refractivity contribution in [1.29, 1.82) is 0 Å². The van der Waals surface area contributed by atoms with Gasteiger partial charge in [0.15, 0.2) is 5.16 Å². The average molecular weight is 307 g/mol. The fraction of sp³-hybridized carbons (Fsp3) is 0.154. The Hall–Kier alpha value is -1.79. The van der Waals surface area contributed by atoms with E-state index < -0.39 is 0 Å². The molecule has 2 aromatic heterocycles. The first-order valence-electron chi connectivity index (χ1n) is 5.91. The minimum Gasteiger partial charge on any atom is -0.420 e. The second kappa shape index (κ2) is 5.68. The van der Waals surface area contributed by atoms with E-state index in [0.29, 0.717) is 22.6 Å². The lowest BCUT2D eigenvalue weighted by Gasteiger charge is -1.98. The highest BCUT2D eigenvalue weighted by Gasteiger charge is 2.10. The highest BCUT2D eigenvalue weighted by atomic mass is 35.5. The van der Waals surface area contributed by atoms with Crippen LogP contribution in [0.15, 0.2) is 46.2 Å². The van der Waals surface area contributed by atoms with E-state index in [4.69, 9.17) is 16.0 Å². The van der Waals surface area contributed by atoms with Crippen LogP contribution in [0.2, 0.25) is 5.02 Å². The van der Waals surface area contributed by atoms with Gasteiger partial charge in [0.1, 0.15) is 0 Å². The molecule has 0 amide bonds. The molecule has 2 heterocycles. The third-order valence-electron chi connectivity index (χ3n) is 2.64. The molecular formula is C13H11ClN4OS. The summed E-state index contributed by atoms with van der Waals surface area (Å²) in [6, 6.07) is 7.34. The van der Waals surface area contributed by atoms with Crippen molar-refractivity contribution < 1.29 is 4.42 Å². The summed E-state index contributed by atoms with van der Waals surface area (Å²) in [6.07, 6.45) is 3.65. The van der Waals surface area contributed by atoms with Crippen molar-refractivity contribution >= 4 is 23.4 Å². The monoisotopic (exact) mass is 306 g/mol. The SMILES string of the molecule is Cn1ccnc1SCc1nnc(-c2cccc(Cl)c2)o1. The topological polar surface area (TPSA) is 56.7 Å². The maximum absolute atomic E-state index is 5.94. The lowest BCUT2D eigenvalue weighted by Crippen LogP contribution is -1.89. The fourth-order valence-corrected chi connectivity index (χ4v) is 2.63. The third-order valence-corrected chi connectivity index (χ3v) is 3.92. The Morgan fingerprint density at radius 3 is 3.00 bits per heavy atom. The zero-order valence-electron chi connectivity index (χ0n) is 10.7. The molecule has 3 aromatic rings. The molecule has 3 rings (SSSR count). The van der Waals surface area contributed by atoms with Gasteiger partial charge in [0.05, 0.1) is 5.75 Å². The molecule has 0 aliphatic heterocycles. The van der Waals surface area contributed by atoms with Gasteiger partial charge in [-0.25, -0.2) is 4.98 Å². The van der Waals surface area contributed by atoms with Crippen LogP contribution in [-0.4, -0.2) is 19.7 Å². The molecule has 0 fully saturated rings. The van der Waals surface area contributed by atoms with Gasteiger partial charge in [-0.1, -0.05) is 29.4 Å². The normalized spacial score (nSPS) is 10.9. The maximum atomic E-state index is 5.94. The molecule has 0 spiro atoms. The van der Waals surface area contributed by atoms with Crippen LogP contribution in [0.1, 0.15) is 5.89 Å². The molecule has 0 unspecified atom stereocenters. The summed E-state index contributed by atoms with van der Waals surface area (Å²) >= 11 is 7.49. The van der Waals surface area contributed by atoms with Gasteiger partial charge in [0.25, 0.3) is 0 Å². The first-order valence-corrected chi connectivity index (χ1v) is 7.27. The summed E-state index contributed by atoms with van der Waals surface area (Å²) in [5.74, 6) is 1.62. The maximum Gasteiger partial charge on any atom is 0.247 e. The summed E-state index contributed by atoms with van der Waals surface area (Å²) in [5, 5.41) is 9.62. The summed E-state index contributed by atoms with van der Waals surface area (Å²) in [7, 11) is 1.94. The van der Waals surface area contributed by atoms with Gasteiger partial charge in [0.2, 0.25) is 11.8 Å². The van der Waals surface area contributed by atoms with Crippen molar-refractivity contribution in [3.05, 3.63) is 47.6 Å². The second-order valence-corrected chi connectivity index (χ2v) is 5.50. The number of halogens is 1. The predicted molar refractivity (Wildman–Crippen MR) is 77.5 cm³/mol. The fourth-order valence-electron chi connectivity index (χ4n) is 1.67. The van der Waals surface area contributed by atoms with E-state index in [0.717, 1.165) is 10.7 Å². The van der Waals surface area contributed by atoms with Crippen LogP contribution in [0, 0.1) is 0 Å². The molecule has 0 saturated carbocycles. The van der Waals surface area contributed by atoms with Crippen molar-refractivity contribution in [2.24, 2.45) is 7.05 Å². The molecule has 0 N–H and O–H groups in total. The number of hydrogen-bond acceptors (Lipinski definition) is 5. The third kappa shape index (κ3) is 2.86. The van der Waals surface area contributed by atoms with E-state index >= 15 is 0 Å². The van der Waals surface area contributed by atoms with E-state index in [1.54, 1.807) is 30.1 Å². The Labute approximate surface area is 125 Å². The number of rotatable bonds is 4. The zero-order valence-corrected chi connectivity index (χ0v) is 12.2. The molecule has 0 aliphatic rings. The Morgan fingerprint density at radius 2 is 2.25 bits per heavy atom. The van der Waals surface area contributed by atoms with Gasteiger partial charge in [-0.05, 0) is 18.2 Å². The Balaban J connectivity index is 1.72. The van der Waals surface area contributed by atoms with Crippen LogP contribution in [0.3, 0.4) is 0 Å². The van der Waals surface area contributed by atoms with Crippen LogP contribution in [0.4, 0.5) is 0 Å². The van der Waals surface area contributed by atoms with E-state index in [1.807, 2.05) is 29.9 Å². The van der Waals surface area contributed by atoms with Gasteiger partial charge in [0, 0.05) is 30.0 Å². The lowest BCUT2D eigenvalue weighted by atomic mass is 10.2. The van der Waals surface area contributed by atoms with Crippen molar-refractivity contribution in [2.45, 2.75) is 10.9 Å². The minimum atomic E-state index is 0.475. The lowest BCUT2D eigenvalue weighted by molar-refractivity contribution is 0.528. The Kier molecular flexibility index (Phi) is 3.75. The van der Waals surface area contributed by atoms with Gasteiger partial charge in [-0.15, -0.1) is 10.2 Å². The molecule has 102 valence electrons. The van der Waals surface area contributed by atoms with Gasteiger partial charge in [-0.2, -0.15) is 0 Å². The van der Waals surface area contributed by atoms with Crippen LogP contribution >= 0.6 is 23.4 Å². The number of aromatic nitrogens is 4. The number of nitrogens with zero attached hydrogens (tertiary/aromatic N) is 4. The molecule has 20 heavy (non-hydrogen) atoms. The molecule has 0 bridgehead atoms. The summed E-state index contributed by atoms with van der Waals surface area (Å²) in [4.78, 5) is 4.23. The van der Waals surface area contributed by atoms with E-state index in [9.17, 15) is 0 Å². The van der Waals surface area contributed by atoms with E-state index in [2.05, 4.69) is 15.2 Å². The number of aryl methyl sites for hydroxylation is 1. The molecule has 0 atom stereocenters. The van der Waals surface area contributed by atoms with Crippen molar-refractivity contribution in [3.63, 3.8) is 0 Å². The summed E-state index contributed by atoms with van der Waals surface area (Å²) in [5.41, 5.74) is 0.818. The highest BCUT2D eigenvalue weighted by molar-refractivity contribution is 7.98. The van der Waals surface area contributed by atoms with Gasteiger partial charge >= 0.3 is 0 Å².